The molecule has 1 aliphatic heterocycles. The van der Waals surface area contributed by atoms with Crippen molar-refractivity contribution in [2.45, 2.75) is 19.9 Å². The molecule has 0 amide bonds. The molecule has 168 valence electrons. The van der Waals surface area contributed by atoms with Crippen molar-refractivity contribution >= 4 is 22.6 Å². The van der Waals surface area contributed by atoms with Crippen LogP contribution < -0.4 is 19.1 Å². The second kappa shape index (κ2) is 9.44. The first-order valence-electron chi connectivity index (χ1n) is 10.8. The first-order valence-corrected chi connectivity index (χ1v) is 10.8. The monoisotopic (exact) mass is 435 g/mol. The first-order chi connectivity index (χ1) is 15.5. The van der Waals surface area contributed by atoms with Gasteiger partial charge in [-0.15, -0.1) is 0 Å². The number of fused-ring (bicyclic) bond motifs is 1. The molecule has 1 unspecified atom stereocenters. The minimum atomic E-state index is -0.362. The minimum Gasteiger partial charge on any atom is -0.493 e. The molecule has 0 bridgehead atoms. The number of carbonyl (C=O) groups is 1. The third kappa shape index (κ3) is 4.48. The van der Waals surface area contributed by atoms with Crippen LogP contribution in [0.2, 0.25) is 0 Å². The van der Waals surface area contributed by atoms with Gasteiger partial charge in [-0.25, -0.2) is 4.98 Å². The smallest absolute Gasteiger partial charge is 0.308 e. The Balaban J connectivity index is 1.48. The molecule has 7 heteroatoms. The number of nitrogens with zero attached hydrogens (tertiary/aromatic N) is 3. The molecule has 32 heavy (non-hydrogen) atoms. The zero-order chi connectivity index (χ0) is 22.7. The summed E-state index contributed by atoms with van der Waals surface area (Å²) < 4.78 is 16.3. The van der Waals surface area contributed by atoms with E-state index in [1.165, 1.54) is 6.92 Å². The number of hydrogen-bond donors (Lipinski definition) is 0. The number of anilines is 1. The van der Waals surface area contributed by atoms with Gasteiger partial charge in [-0.3, -0.25) is 9.69 Å². The summed E-state index contributed by atoms with van der Waals surface area (Å²) in [6.07, 6.45) is 0. The Labute approximate surface area is 188 Å². The van der Waals surface area contributed by atoms with E-state index in [1.807, 2.05) is 30.3 Å². The number of piperazine rings is 1. The molecule has 2 heterocycles. The molecule has 0 aliphatic carbocycles. The van der Waals surface area contributed by atoms with E-state index in [-0.39, 0.29) is 12.0 Å². The van der Waals surface area contributed by atoms with Crippen molar-refractivity contribution in [1.29, 1.82) is 0 Å². The fourth-order valence-electron chi connectivity index (χ4n) is 4.21. The van der Waals surface area contributed by atoms with E-state index < -0.39 is 0 Å². The molecule has 0 N–H and O–H groups in total. The lowest BCUT2D eigenvalue weighted by Crippen LogP contribution is -2.47. The highest BCUT2D eigenvalue weighted by molar-refractivity contribution is 5.84. The van der Waals surface area contributed by atoms with Crippen molar-refractivity contribution in [3.05, 3.63) is 54.1 Å². The molecule has 1 fully saturated rings. The lowest BCUT2D eigenvalue weighted by atomic mass is 10.0. The third-order valence-electron chi connectivity index (χ3n) is 5.99. The van der Waals surface area contributed by atoms with Crippen molar-refractivity contribution < 1.29 is 19.0 Å². The lowest BCUT2D eigenvalue weighted by Gasteiger charge is -2.39. The summed E-state index contributed by atoms with van der Waals surface area (Å²) in [5, 5.41) is 1.11. The van der Waals surface area contributed by atoms with Gasteiger partial charge in [-0.1, -0.05) is 24.3 Å². The summed E-state index contributed by atoms with van der Waals surface area (Å²) in [5.74, 6) is 1.31. The van der Waals surface area contributed by atoms with Crippen LogP contribution in [0.1, 0.15) is 25.5 Å². The van der Waals surface area contributed by atoms with Crippen molar-refractivity contribution in [2.24, 2.45) is 0 Å². The van der Waals surface area contributed by atoms with Crippen LogP contribution in [-0.2, 0) is 4.79 Å². The van der Waals surface area contributed by atoms with Crippen LogP contribution in [0.15, 0.2) is 48.5 Å². The van der Waals surface area contributed by atoms with Crippen molar-refractivity contribution in [3.8, 4) is 17.4 Å². The molecule has 0 spiro atoms. The lowest BCUT2D eigenvalue weighted by molar-refractivity contribution is -0.132. The SMILES string of the molecule is COc1cc(C(C)N2CCN(c3cc4ccccc4nc3OC)CC2)ccc1OC(C)=O. The van der Waals surface area contributed by atoms with Gasteiger partial charge >= 0.3 is 5.97 Å². The molecule has 1 aliphatic rings. The van der Waals surface area contributed by atoms with E-state index in [0.717, 1.165) is 48.3 Å². The number of aromatic nitrogens is 1. The van der Waals surface area contributed by atoms with Crippen molar-refractivity contribution in [1.82, 2.24) is 9.88 Å². The largest absolute Gasteiger partial charge is 0.493 e. The highest BCUT2D eigenvalue weighted by Gasteiger charge is 2.25. The molecule has 1 atom stereocenters. The van der Waals surface area contributed by atoms with Gasteiger partial charge in [0.1, 0.15) is 5.69 Å². The Morgan fingerprint density at radius 3 is 2.41 bits per heavy atom. The van der Waals surface area contributed by atoms with Crippen molar-refractivity contribution in [2.75, 3.05) is 45.3 Å². The van der Waals surface area contributed by atoms with Crippen molar-refractivity contribution in [3.63, 3.8) is 0 Å². The molecule has 3 aromatic rings. The highest BCUT2D eigenvalue weighted by atomic mass is 16.6. The minimum absolute atomic E-state index is 0.203. The zero-order valence-corrected chi connectivity index (χ0v) is 19.0. The number of ether oxygens (including phenoxy) is 3. The average Bonchev–Trinajstić information content (AvgIpc) is 2.82. The zero-order valence-electron chi connectivity index (χ0n) is 19.0. The Bertz CT molecular complexity index is 1110. The van der Waals surface area contributed by atoms with Gasteiger partial charge in [0.2, 0.25) is 5.88 Å². The number of pyridine rings is 1. The van der Waals surface area contributed by atoms with Gasteiger partial charge < -0.3 is 19.1 Å². The van der Waals surface area contributed by atoms with E-state index in [9.17, 15) is 4.79 Å². The third-order valence-corrected chi connectivity index (χ3v) is 5.99. The first kappa shape index (κ1) is 21.9. The number of benzene rings is 2. The summed E-state index contributed by atoms with van der Waals surface area (Å²) >= 11 is 0. The van der Waals surface area contributed by atoms with Gasteiger partial charge in [0.05, 0.1) is 19.7 Å². The summed E-state index contributed by atoms with van der Waals surface area (Å²) in [5.41, 5.74) is 3.09. The molecular weight excluding hydrogens is 406 g/mol. The number of methoxy groups -OCH3 is 2. The van der Waals surface area contributed by atoms with Crippen LogP contribution in [0.5, 0.6) is 17.4 Å². The van der Waals surface area contributed by atoms with Gasteiger partial charge in [0.25, 0.3) is 0 Å². The molecule has 1 aromatic heterocycles. The summed E-state index contributed by atoms with van der Waals surface area (Å²) in [4.78, 5) is 20.8. The predicted molar refractivity (Wildman–Crippen MR) is 125 cm³/mol. The van der Waals surface area contributed by atoms with Crippen LogP contribution in [0, 0.1) is 0 Å². The molecular formula is C25H29N3O4. The summed E-state index contributed by atoms with van der Waals surface area (Å²) in [6, 6.07) is 16.2. The normalized spacial score (nSPS) is 15.4. The van der Waals surface area contributed by atoms with Crippen LogP contribution >= 0.6 is 0 Å². The van der Waals surface area contributed by atoms with Gasteiger partial charge in [0, 0.05) is 44.5 Å². The van der Waals surface area contributed by atoms with E-state index in [2.05, 4.69) is 28.9 Å². The maximum absolute atomic E-state index is 11.3. The fourth-order valence-corrected chi connectivity index (χ4v) is 4.21. The van der Waals surface area contributed by atoms with Crippen LogP contribution in [-0.4, -0.2) is 56.3 Å². The topological polar surface area (TPSA) is 64.1 Å². The summed E-state index contributed by atoms with van der Waals surface area (Å²) in [7, 11) is 3.26. The Kier molecular flexibility index (Phi) is 6.46. The van der Waals surface area contributed by atoms with Crippen LogP contribution in [0.4, 0.5) is 5.69 Å². The Hall–Kier alpha value is -3.32. The molecule has 0 radical (unpaired) electrons. The number of carbonyl (C=O) groups excluding carboxylic acids is 1. The fraction of sp³-hybridized carbons (Fsp3) is 0.360. The standard InChI is InChI=1S/C25H29N3O4/c1-17(19-9-10-23(32-18(2)29)24(16-19)30-3)27-11-13-28(14-12-27)22-15-20-7-5-6-8-21(20)26-25(22)31-4/h5-10,15-17H,11-14H2,1-4H3. The van der Waals surface area contributed by atoms with Gasteiger partial charge in [0.15, 0.2) is 11.5 Å². The van der Waals surface area contributed by atoms with Crippen LogP contribution in [0.25, 0.3) is 10.9 Å². The molecule has 4 rings (SSSR count). The molecule has 7 nitrogen and oxygen atoms in total. The molecule has 1 saturated heterocycles. The quantitative estimate of drug-likeness (QED) is 0.427. The van der Waals surface area contributed by atoms with Gasteiger partial charge in [-0.2, -0.15) is 0 Å². The maximum Gasteiger partial charge on any atom is 0.308 e. The van der Waals surface area contributed by atoms with E-state index in [0.29, 0.717) is 17.4 Å². The maximum atomic E-state index is 11.3. The second-order valence-electron chi connectivity index (χ2n) is 7.91. The average molecular weight is 436 g/mol. The molecule has 0 saturated carbocycles. The van der Waals surface area contributed by atoms with E-state index in [1.54, 1.807) is 20.3 Å². The Morgan fingerprint density at radius 2 is 1.72 bits per heavy atom. The van der Waals surface area contributed by atoms with Crippen LogP contribution in [0.3, 0.4) is 0 Å². The number of esters is 1. The predicted octanol–water partition coefficient (Wildman–Crippen LogP) is 4.06. The number of para-hydroxylation sites is 1. The molecule has 2 aromatic carbocycles. The number of rotatable bonds is 6. The van der Waals surface area contributed by atoms with Gasteiger partial charge in [-0.05, 0) is 36.8 Å². The van der Waals surface area contributed by atoms with E-state index >= 15 is 0 Å². The highest BCUT2D eigenvalue weighted by Crippen LogP contribution is 2.34. The summed E-state index contributed by atoms with van der Waals surface area (Å²) in [6.45, 7) is 7.15. The number of hydrogen-bond acceptors (Lipinski definition) is 7. The van der Waals surface area contributed by atoms with E-state index in [4.69, 9.17) is 19.2 Å². The second-order valence-corrected chi connectivity index (χ2v) is 7.91. The Morgan fingerprint density at radius 1 is 0.969 bits per heavy atom.